The second kappa shape index (κ2) is 5.31. The number of aromatic nitrogens is 3. The number of aliphatic hydroxyl groups excluding tert-OH is 1. The Morgan fingerprint density at radius 1 is 1.30 bits per heavy atom. The summed E-state index contributed by atoms with van der Waals surface area (Å²) in [6.07, 6.45) is 3.59. The van der Waals surface area contributed by atoms with Gasteiger partial charge in [-0.2, -0.15) is 5.10 Å². The molecule has 3 aromatic rings. The van der Waals surface area contributed by atoms with Gasteiger partial charge in [-0.25, -0.2) is 13.9 Å². The minimum atomic E-state index is -0.464. The Bertz CT molecular complexity index is 863. The van der Waals surface area contributed by atoms with Gasteiger partial charge in [-0.15, -0.1) is 0 Å². The smallest absolute Gasteiger partial charge is 0.155 e. The molecule has 1 aliphatic rings. The van der Waals surface area contributed by atoms with E-state index in [1.807, 2.05) is 24.0 Å². The highest BCUT2D eigenvalue weighted by atomic mass is 19.1. The van der Waals surface area contributed by atoms with Crippen molar-refractivity contribution in [3.8, 4) is 0 Å². The van der Waals surface area contributed by atoms with E-state index >= 15 is 0 Å². The first-order valence-corrected chi connectivity index (χ1v) is 7.63. The molecule has 1 N–H and O–H groups in total. The number of aliphatic hydroxyl groups is 1. The zero-order valence-electron chi connectivity index (χ0n) is 12.7. The summed E-state index contributed by atoms with van der Waals surface area (Å²) in [4.78, 5) is 6.53. The maximum absolute atomic E-state index is 13.6. The molecule has 0 amide bonds. The Morgan fingerprint density at radius 2 is 2.17 bits per heavy atom. The largest absolute Gasteiger partial charge is 0.391 e. The molecule has 0 aliphatic carbocycles. The van der Waals surface area contributed by atoms with E-state index in [2.05, 4.69) is 10.1 Å². The highest BCUT2D eigenvalue weighted by molar-refractivity contribution is 5.70. The maximum atomic E-state index is 13.6. The van der Waals surface area contributed by atoms with Crippen LogP contribution in [-0.4, -0.2) is 32.4 Å². The van der Waals surface area contributed by atoms with Gasteiger partial charge in [0.25, 0.3) is 0 Å². The topological polar surface area (TPSA) is 53.7 Å². The average molecular weight is 312 g/mol. The predicted molar refractivity (Wildman–Crippen MR) is 84.8 cm³/mol. The number of halogens is 1. The molecule has 23 heavy (non-hydrogen) atoms. The van der Waals surface area contributed by atoms with Gasteiger partial charge in [0.2, 0.25) is 0 Å². The van der Waals surface area contributed by atoms with Crippen molar-refractivity contribution in [3.63, 3.8) is 0 Å². The van der Waals surface area contributed by atoms with E-state index in [1.165, 1.54) is 12.1 Å². The number of fused-ring (bicyclic) bond motifs is 1. The molecule has 5 nitrogen and oxygen atoms in total. The Morgan fingerprint density at radius 3 is 3.00 bits per heavy atom. The molecular formula is C17H17FN4O. The molecule has 0 bridgehead atoms. The Kier molecular flexibility index (Phi) is 3.27. The summed E-state index contributed by atoms with van der Waals surface area (Å²) >= 11 is 0. The van der Waals surface area contributed by atoms with Gasteiger partial charge in [0.05, 0.1) is 17.8 Å². The summed E-state index contributed by atoms with van der Waals surface area (Å²) in [6, 6.07) is 8.41. The molecule has 1 fully saturated rings. The minimum absolute atomic E-state index is 0.102. The van der Waals surface area contributed by atoms with Crippen LogP contribution >= 0.6 is 0 Å². The molecule has 6 heteroatoms. The number of anilines is 1. The van der Waals surface area contributed by atoms with Crippen LogP contribution in [0.25, 0.3) is 5.52 Å². The summed E-state index contributed by atoms with van der Waals surface area (Å²) in [5.41, 5.74) is 2.64. The summed E-state index contributed by atoms with van der Waals surface area (Å²) in [6.45, 7) is 2.40. The minimum Gasteiger partial charge on any atom is -0.391 e. The summed E-state index contributed by atoms with van der Waals surface area (Å²) < 4.78 is 15.4. The van der Waals surface area contributed by atoms with Crippen LogP contribution in [-0.2, 0) is 0 Å². The third-order valence-corrected chi connectivity index (χ3v) is 4.28. The highest BCUT2D eigenvalue weighted by Crippen LogP contribution is 2.37. The number of hydrogen-bond donors (Lipinski definition) is 1. The third-order valence-electron chi connectivity index (χ3n) is 4.28. The zero-order chi connectivity index (χ0) is 16.0. The summed E-state index contributed by atoms with van der Waals surface area (Å²) in [5.74, 6) is 0.495. The van der Waals surface area contributed by atoms with Crippen LogP contribution in [0.15, 0.2) is 42.7 Å². The molecule has 3 heterocycles. The van der Waals surface area contributed by atoms with Crippen LogP contribution in [0.2, 0.25) is 0 Å². The molecule has 0 saturated carbocycles. The third kappa shape index (κ3) is 2.45. The number of aryl methyl sites for hydroxylation is 1. The van der Waals surface area contributed by atoms with Crippen LogP contribution in [0.1, 0.15) is 23.7 Å². The normalized spacial score (nSPS) is 21.3. The van der Waals surface area contributed by atoms with Gasteiger partial charge in [-0.05, 0) is 37.1 Å². The van der Waals surface area contributed by atoms with Crippen molar-refractivity contribution in [1.29, 1.82) is 0 Å². The molecule has 2 aromatic heterocycles. The van der Waals surface area contributed by atoms with Crippen molar-refractivity contribution in [2.75, 3.05) is 11.4 Å². The lowest BCUT2D eigenvalue weighted by Crippen LogP contribution is -2.25. The van der Waals surface area contributed by atoms with Gasteiger partial charge in [0.1, 0.15) is 11.3 Å². The standard InChI is InChI=1S/C17H17FN4O/c1-11-7-16-17(19-5-6-22(16)20-11)21-10-14(23)9-15(21)12-3-2-4-13(18)8-12/h2-8,14-15,23H,9-10H2,1H3/t14-,15-/m1/s1. The van der Waals surface area contributed by atoms with E-state index in [4.69, 9.17) is 0 Å². The van der Waals surface area contributed by atoms with Gasteiger partial charge < -0.3 is 10.0 Å². The molecule has 4 rings (SSSR count). The second-order valence-corrected chi connectivity index (χ2v) is 5.98. The van der Waals surface area contributed by atoms with Gasteiger partial charge in [-0.1, -0.05) is 12.1 Å². The van der Waals surface area contributed by atoms with E-state index in [0.29, 0.717) is 13.0 Å². The van der Waals surface area contributed by atoms with Crippen LogP contribution in [0.3, 0.4) is 0 Å². The number of rotatable bonds is 2. The monoisotopic (exact) mass is 312 g/mol. The Balaban J connectivity index is 1.81. The lowest BCUT2D eigenvalue weighted by atomic mass is 10.0. The molecule has 1 saturated heterocycles. The van der Waals surface area contributed by atoms with E-state index in [-0.39, 0.29) is 11.9 Å². The van der Waals surface area contributed by atoms with Crippen molar-refractivity contribution in [3.05, 3.63) is 59.8 Å². The number of β-amino-alcohol motifs (C(OH)–C–C–N with tert-alkyl or cyclic N) is 1. The zero-order valence-corrected chi connectivity index (χ0v) is 12.7. The molecule has 1 aliphatic heterocycles. The van der Waals surface area contributed by atoms with E-state index in [9.17, 15) is 9.50 Å². The number of benzene rings is 1. The molecule has 1 aromatic carbocycles. The molecule has 0 spiro atoms. The lowest BCUT2D eigenvalue weighted by molar-refractivity contribution is 0.194. The second-order valence-electron chi connectivity index (χ2n) is 5.98. The SMILES string of the molecule is Cc1cc2c(N3C[C@H](O)C[C@@H]3c3cccc(F)c3)nccn2n1. The van der Waals surface area contributed by atoms with E-state index in [1.54, 1.807) is 23.0 Å². The van der Waals surface area contributed by atoms with Crippen LogP contribution in [0, 0.1) is 12.7 Å². The van der Waals surface area contributed by atoms with Crippen molar-refractivity contribution in [2.45, 2.75) is 25.5 Å². The summed E-state index contributed by atoms with van der Waals surface area (Å²) in [7, 11) is 0. The quantitative estimate of drug-likeness (QED) is 0.790. The van der Waals surface area contributed by atoms with Crippen LogP contribution in [0.4, 0.5) is 10.2 Å². The molecule has 0 unspecified atom stereocenters. The van der Waals surface area contributed by atoms with Gasteiger partial charge in [-0.3, -0.25) is 0 Å². The first-order chi connectivity index (χ1) is 11.1. The van der Waals surface area contributed by atoms with Crippen LogP contribution < -0.4 is 4.90 Å². The molecule has 0 radical (unpaired) electrons. The first kappa shape index (κ1) is 14.1. The van der Waals surface area contributed by atoms with Gasteiger partial charge in [0, 0.05) is 18.9 Å². The Hall–Kier alpha value is -2.47. The van der Waals surface area contributed by atoms with Gasteiger partial charge in [0.15, 0.2) is 5.82 Å². The highest BCUT2D eigenvalue weighted by Gasteiger charge is 2.34. The average Bonchev–Trinajstić information content (AvgIpc) is 3.08. The van der Waals surface area contributed by atoms with E-state index < -0.39 is 6.10 Å². The summed E-state index contributed by atoms with van der Waals surface area (Å²) in [5, 5.41) is 14.6. The maximum Gasteiger partial charge on any atom is 0.155 e. The van der Waals surface area contributed by atoms with Crippen molar-refractivity contribution < 1.29 is 9.50 Å². The molecule has 118 valence electrons. The fraction of sp³-hybridized carbons (Fsp3) is 0.294. The fourth-order valence-corrected chi connectivity index (χ4v) is 3.33. The van der Waals surface area contributed by atoms with Gasteiger partial charge >= 0.3 is 0 Å². The fourth-order valence-electron chi connectivity index (χ4n) is 3.33. The van der Waals surface area contributed by atoms with Crippen molar-refractivity contribution in [2.24, 2.45) is 0 Å². The predicted octanol–water partition coefficient (Wildman–Crippen LogP) is 2.49. The Labute approximate surface area is 133 Å². The molecular weight excluding hydrogens is 295 g/mol. The number of nitrogens with zero attached hydrogens (tertiary/aromatic N) is 4. The van der Waals surface area contributed by atoms with E-state index in [0.717, 1.165) is 22.6 Å². The van der Waals surface area contributed by atoms with Crippen LogP contribution in [0.5, 0.6) is 0 Å². The molecule has 2 atom stereocenters. The van der Waals surface area contributed by atoms with Crippen molar-refractivity contribution >= 4 is 11.3 Å². The number of hydrogen-bond acceptors (Lipinski definition) is 4. The first-order valence-electron chi connectivity index (χ1n) is 7.63. The lowest BCUT2D eigenvalue weighted by Gasteiger charge is -2.26. The van der Waals surface area contributed by atoms with Crippen molar-refractivity contribution in [1.82, 2.24) is 14.6 Å².